The maximum absolute atomic E-state index is 14.0. The first-order valence-corrected chi connectivity index (χ1v) is 11.3. The number of halogens is 1. The monoisotopic (exact) mass is 451 g/mol. The van der Waals surface area contributed by atoms with Crippen LogP contribution >= 0.6 is 0 Å². The minimum absolute atomic E-state index is 0.0123. The van der Waals surface area contributed by atoms with Gasteiger partial charge in [-0.05, 0) is 56.1 Å². The van der Waals surface area contributed by atoms with Crippen molar-refractivity contribution in [2.75, 3.05) is 38.5 Å². The van der Waals surface area contributed by atoms with Gasteiger partial charge in [-0.2, -0.15) is 5.10 Å². The zero-order valence-corrected chi connectivity index (χ0v) is 19.0. The van der Waals surface area contributed by atoms with Crippen LogP contribution in [0.5, 0.6) is 0 Å². The van der Waals surface area contributed by atoms with Crippen LogP contribution in [0, 0.1) is 12.7 Å². The van der Waals surface area contributed by atoms with E-state index in [2.05, 4.69) is 21.4 Å². The number of anilines is 1. The second-order valence-electron chi connectivity index (χ2n) is 8.48. The lowest BCUT2D eigenvalue weighted by Crippen LogP contribution is -2.48. The number of nitrogens with zero attached hydrogens (tertiary/aromatic N) is 6. The smallest absolute Gasteiger partial charge is 0.246 e. The zero-order chi connectivity index (χ0) is 23.4. The molecule has 4 rings (SSSR count). The normalized spacial score (nSPS) is 14.7. The van der Waals surface area contributed by atoms with Crippen LogP contribution in [0.15, 0.2) is 37.2 Å². The van der Waals surface area contributed by atoms with Crippen molar-refractivity contribution in [2.24, 2.45) is 0 Å². The van der Waals surface area contributed by atoms with Gasteiger partial charge >= 0.3 is 0 Å². The molecule has 0 bridgehead atoms. The molecule has 8 nitrogen and oxygen atoms in total. The molecule has 1 fully saturated rings. The number of carbonyl (C=O) groups excluding carboxylic acids is 1. The molecule has 9 heteroatoms. The summed E-state index contributed by atoms with van der Waals surface area (Å²) in [5.74, 6) is 0.0494. The van der Waals surface area contributed by atoms with Crippen LogP contribution in [0.1, 0.15) is 24.8 Å². The molecule has 0 spiro atoms. The van der Waals surface area contributed by atoms with Crippen LogP contribution < -0.4 is 5.73 Å². The zero-order valence-electron chi connectivity index (χ0n) is 19.0. The number of nitrogens with two attached hydrogens (primary N) is 1. The van der Waals surface area contributed by atoms with Gasteiger partial charge in [0.2, 0.25) is 5.91 Å². The molecule has 0 unspecified atom stereocenters. The fourth-order valence-electron chi connectivity index (χ4n) is 4.36. The second-order valence-corrected chi connectivity index (χ2v) is 8.48. The summed E-state index contributed by atoms with van der Waals surface area (Å²) in [5.41, 5.74) is 8.91. The molecule has 1 aliphatic rings. The average molecular weight is 452 g/mol. The average Bonchev–Trinajstić information content (AvgIpc) is 3.18. The third-order valence-electron chi connectivity index (χ3n) is 6.08. The molecule has 3 aromatic rings. The van der Waals surface area contributed by atoms with E-state index in [1.54, 1.807) is 0 Å². The fourth-order valence-corrected chi connectivity index (χ4v) is 4.36. The number of nitrogen functional groups attached to an aromatic ring is 1. The van der Waals surface area contributed by atoms with Gasteiger partial charge in [-0.3, -0.25) is 9.69 Å². The first-order valence-electron chi connectivity index (χ1n) is 11.3. The molecule has 174 valence electrons. The van der Waals surface area contributed by atoms with Crippen LogP contribution in [0.2, 0.25) is 0 Å². The van der Waals surface area contributed by atoms with Crippen LogP contribution in [-0.4, -0.2) is 68.2 Å². The van der Waals surface area contributed by atoms with Crippen molar-refractivity contribution >= 4 is 22.8 Å². The molecule has 1 aromatic carbocycles. The van der Waals surface area contributed by atoms with Gasteiger partial charge in [0.25, 0.3) is 0 Å². The number of unbranched alkanes of at least 4 members (excludes halogenated alkanes) is 2. The van der Waals surface area contributed by atoms with E-state index in [1.807, 2.05) is 22.6 Å². The highest BCUT2D eigenvalue weighted by atomic mass is 19.1. The van der Waals surface area contributed by atoms with Crippen molar-refractivity contribution in [1.29, 1.82) is 0 Å². The third kappa shape index (κ3) is 5.19. The third-order valence-corrected chi connectivity index (χ3v) is 6.08. The Morgan fingerprint density at radius 2 is 1.88 bits per heavy atom. The molecule has 1 amide bonds. The van der Waals surface area contributed by atoms with E-state index in [1.165, 1.54) is 24.5 Å². The quantitative estimate of drug-likeness (QED) is 0.418. The number of benzene rings is 1. The first-order chi connectivity index (χ1) is 16.0. The predicted octanol–water partition coefficient (Wildman–Crippen LogP) is 3.02. The highest BCUT2D eigenvalue weighted by molar-refractivity contribution is 5.98. The highest BCUT2D eigenvalue weighted by Crippen LogP contribution is 2.31. The van der Waals surface area contributed by atoms with Crippen LogP contribution in [0.4, 0.5) is 10.2 Å². The van der Waals surface area contributed by atoms with E-state index < -0.39 is 0 Å². The Hall–Kier alpha value is -3.33. The number of carbonyl (C=O) groups is 1. The van der Waals surface area contributed by atoms with Gasteiger partial charge in [0, 0.05) is 38.3 Å². The molecule has 0 atom stereocenters. The van der Waals surface area contributed by atoms with Crippen molar-refractivity contribution < 1.29 is 9.18 Å². The molecule has 33 heavy (non-hydrogen) atoms. The van der Waals surface area contributed by atoms with Crippen LogP contribution in [0.25, 0.3) is 22.3 Å². The van der Waals surface area contributed by atoms with E-state index in [-0.39, 0.29) is 11.7 Å². The van der Waals surface area contributed by atoms with Crippen LogP contribution in [0.3, 0.4) is 0 Å². The molecule has 0 radical (unpaired) electrons. The predicted molar refractivity (Wildman–Crippen MR) is 127 cm³/mol. The summed E-state index contributed by atoms with van der Waals surface area (Å²) < 4.78 is 15.9. The Bertz CT molecular complexity index is 1130. The van der Waals surface area contributed by atoms with Crippen molar-refractivity contribution in [3.05, 3.63) is 48.6 Å². The number of aryl methyl sites for hydroxylation is 2. The van der Waals surface area contributed by atoms with E-state index >= 15 is 0 Å². The van der Waals surface area contributed by atoms with Crippen LogP contribution in [-0.2, 0) is 11.3 Å². The minimum atomic E-state index is -0.308. The molecule has 0 saturated carbocycles. The number of amides is 1. The summed E-state index contributed by atoms with van der Waals surface area (Å²) in [7, 11) is 0. The summed E-state index contributed by atoms with van der Waals surface area (Å²) in [6, 6.07) is 4.84. The number of aromatic nitrogens is 4. The Morgan fingerprint density at radius 3 is 2.61 bits per heavy atom. The lowest BCUT2D eigenvalue weighted by Gasteiger charge is -2.34. The van der Waals surface area contributed by atoms with Crippen molar-refractivity contribution in [2.45, 2.75) is 32.7 Å². The molecule has 2 N–H and O–H groups in total. The summed E-state index contributed by atoms with van der Waals surface area (Å²) in [6.07, 6.45) is 5.88. The Morgan fingerprint density at radius 1 is 1.12 bits per heavy atom. The minimum Gasteiger partial charge on any atom is -0.383 e. The van der Waals surface area contributed by atoms with Crippen molar-refractivity contribution in [3.8, 4) is 11.3 Å². The largest absolute Gasteiger partial charge is 0.383 e. The van der Waals surface area contributed by atoms with Crippen molar-refractivity contribution in [3.63, 3.8) is 0 Å². The van der Waals surface area contributed by atoms with Gasteiger partial charge in [0.15, 0.2) is 5.65 Å². The standard InChI is InChI=1S/C24H30FN7O/c1-3-20(33)31-11-9-30(10-12-31)7-5-4-6-8-32-24-21(23(26)27-16-28-24)22(29-32)18-13-17(2)14-19(25)15-18/h3,13-16H,1,4-12H2,2H3,(H2,26,27,28). The number of fused-ring (bicyclic) bond motifs is 1. The number of hydrogen-bond acceptors (Lipinski definition) is 6. The Kier molecular flexibility index (Phi) is 6.98. The SMILES string of the molecule is C=CC(=O)N1CCN(CCCCCn2nc(-c3cc(C)cc(F)c3)c3c(N)ncnc32)CC1. The molecule has 1 saturated heterocycles. The summed E-state index contributed by atoms with van der Waals surface area (Å²) in [6.45, 7) is 10.4. The van der Waals surface area contributed by atoms with Crippen molar-refractivity contribution in [1.82, 2.24) is 29.5 Å². The van der Waals surface area contributed by atoms with Gasteiger partial charge < -0.3 is 10.6 Å². The Balaban J connectivity index is 1.36. The highest BCUT2D eigenvalue weighted by Gasteiger charge is 2.19. The van der Waals surface area contributed by atoms with Gasteiger partial charge in [0.1, 0.15) is 23.7 Å². The fraction of sp³-hybridized carbons (Fsp3) is 0.417. The van der Waals surface area contributed by atoms with Gasteiger partial charge in [-0.25, -0.2) is 19.0 Å². The van der Waals surface area contributed by atoms with E-state index in [0.717, 1.165) is 57.5 Å². The molecule has 0 aliphatic carbocycles. The van der Waals surface area contributed by atoms with Gasteiger partial charge in [-0.15, -0.1) is 0 Å². The number of hydrogen-bond donors (Lipinski definition) is 1. The lowest BCUT2D eigenvalue weighted by molar-refractivity contribution is -0.127. The molecule has 2 aromatic heterocycles. The maximum atomic E-state index is 14.0. The summed E-state index contributed by atoms with van der Waals surface area (Å²) >= 11 is 0. The van der Waals surface area contributed by atoms with E-state index in [9.17, 15) is 9.18 Å². The second kappa shape index (κ2) is 10.1. The molecule has 3 heterocycles. The maximum Gasteiger partial charge on any atom is 0.246 e. The summed E-state index contributed by atoms with van der Waals surface area (Å²) in [4.78, 5) is 24.5. The lowest BCUT2D eigenvalue weighted by atomic mass is 10.1. The Labute approximate surface area is 192 Å². The van der Waals surface area contributed by atoms with E-state index in [4.69, 9.17) is 10.8 Å². The topological polar surface area (TPSA) is 93.2 Å². The number of rotatable bonds is 8. The van der Waals surface area contributed by atoms with Gasteiger partial charge in [0.05, 0.1) is 5.39 Å². The number of piperazine rings is 1. The summed E-state index contributed by atoms with van der Waals surface area (Å²) in [5, 5.41) is 5.40. The van der Waals surface area contributed by atoms with E-state index in [0.29, 0.717) is 34.7 Å². The molecular formula is C24H30FN7O. The van der Waals surface area contributed by atoms with Gasteiger partial charge in [-0.1, -0.05) is 13.0 Å². The molecule has 1 aliphatic heterocycles. The molecular weight excluding hydrogens is 421 g/mol. The first kappa shape index (κ1) is 22.8.